The van der Waals surface area contributed by atoms with Crippen LogP contribution in [0, 0.1) is 16.0 Å². The largest absolute Gasteiger partial charge is 0.478 e. The zero-order chi connectivity index (χ0) is 24.2. The quantitative estimate of drug-likeness (QED) is 0.211. The smallest absolute Gasteiger partial charge is 0.328 e. The fraction of sp³-hybridized carbons (Fsp3) is 0.348. The fourth-order valence-electron chi connectivity index (χ4n) is 4.02. The molecule has 0 radical (unpaired) electrons. The highest BCUT2D eigenvalue weighted by molar-refractivity contribution is 8.77. The minimum atomic E-state index is -1.12. The van der Waals surface area contributed by atoms with Gasteiger partial charge in [0.05, 0.1) is 11.0 Å². The zero-order valence-electron chi connectivity index (χ0n) is 18.0. The Morgan fingerprint density at radius 1 is 1.24 bits per heavy atom. The fourth-order valence-corrected chi connectivity index (χ4v) is 6.90. The number of carbonyl (C=O) groups excluding carboxylic acids is 1. The van der Waals surface area contributed by atoms with Crippen molar-refractivity contribution in [2.45, 2.75) is 42.1 Å². The van der Waals surface area contributed by atoms with Crippen LogP contribution >= 0.6 is 33.2 Å². The Balaban J connectivity index is 1.62. The van der Waals surface area contributed by atoms with Gasteiger partial charge in [-0.2, -0.15) is 0 Å². The number of carboxylic acid groups (broad SMARTS) is 1. The van der Waals surface area contributed by atoms with Gasteiger partial charge in [0.1, 0.15) is 0 Å². The minimum absolute atomic E-state index is 0.0265. The first kappa shape index (κ1) is 24.7. The van der Waals surface area contributed by atoms with E-state index >= 15 is 0 Å². The molecule has 1 saturated heterocycles. The molecule has 2 aromatic rings. The van der Waals surface area contributed by atoms with Crippen LogP contribution in [0.3, 0.4) is 0 Å². The maximum Gasteiger partial charge on any atom is 0.328 e. The van der Waals surface area contributed by atoms with Crippen LogP contribution in [0.4, 0.5) is 5.69 Å². The second-order valence-corrected chi connectivity index (χ2v) is 11.0. The van der Waals surface area contributed by atoms with Crippen molar-refractivity contribution in [3.63, 3.8) is 0 Å². The minimum Gasteiger partial charge on any atom is -0.478 e. The molecule has 1 N–H and O–H groups in total. The van der Waals surface area contributed by atoms with E-state index in [0.29, 0.717) is 30.1 Å². The molecule has 1 saturated carbocycles. The molecule has 1 aliphatic heterocycles. The molecule has 11 heteroatoms. The summed E-state index contributed by atoms with van der Waals surface area (Å²) in [5.74, 6) is -1.16. The molecular weight excluding hydrogens is 498 g/mol. The summed E-state index contributed by atoms with van der Waals surface area (Å²) >= 11 is 6.36. The second-order valence-electron chi connectivity index (χ2n) is 8.17. The second kappa shape index (κ2) is 10.9. The molecule has 0 amide bonds. The van der Waals surface area contributed by atoms with Crippen LogP contribution in [0.2, 0.25) is 5.02 Å². The SMILES string of the molecule is O=C(O)/C=C1\C(SSc2ncccc2[N+](=O)[O-])CCN(Cc2ccccc2Cl)C1C(=O)C1CC1. The summed E-state index contributed by atoms with van der Waals surface area (Å²) in [6.07, 6.45) is 4.81. The van der Waals surface area contributed by atoms with Gasteiger partial charge in [-0.1, -0.05) is 40.6 Å². The average Bonchev–Trinajstić information content (AvgIpc) is 3.65. The number of halogens is 1. The number of likely N-dealkylation sites (tertiary alicyclic amines) is 1. The summed E-state index contributed by atoms with van der Waals surface area (Å²) in [7, 11) is 2.45. The third kappa shape index (κ3) is 5.80. The first-order valence-electron chi connectivity index (χ1n) is 10.7. The van der Waals surface area contributed by atoms with Crippen LogP contribution in [-0.4, -0.2) is 49.5 Å². The van der Waals surface area contributed by atoms with E-state index in [1.165, 1.54) is 29.1 Å². The highest BCUT2D eigenvalue weighted by atomic mass is 35.5. The zero-order valence-corrected chi connectivity index (χ0v) is 20.4. The Labute approximate surface area is 209 Å². The number of rotatable bonds is 9. The molecule has 34 heavy (non-hydrogen) atoms. The Bertz CT molecular complexity index is 1140. The van der Waals surface area contributed by atoms with Crippen LogP contribution in [0.15, 0.2) is 59.3 Å². The summed E-state index contributed by atoms with van der Waals surface area (Å²) in [5.41, 5.74) is 1.28. The molecule has 4 rings (SSSR count). The number of pyridine rings is 1. The normalized spacial score (nSPS) is 22.0. The van der Waals surface area contributed by atoms with E-state index in [9.17, 15) is 24.8 Å². The van der Waals surface area contributed by atoms with Gasteiger partial charge in [-0.25, -0.2) is 9.78 Å². The van der Waals surface area contributed by atoms with E-state index in [1.807, 2.05) is 23.1 Å². The lowest BCUT2D eigenvalue weighted by atomic mass is 9.89. The van der Waals surface area contributed by atoms with Crippen LogP contribution in [0.25, 0.3) is 0 Å². The highest BCUT2D eigenvalue weighted by Crippen LogP contribution is 2.46. The molecule has 8 nitrogen and oxygen atoms in total. The predicted octanol–water partition coefficient (Wildman–Crippen LogP) is 5.02. The van der Waals surface area contributed by atoms with Gasteiger partial charge in [0.15, 0.2) is 10.8 Å². The van der Waals surface area contributed by atoms with Gasteiger partial charge in [-0.05, 0) is 53.3 Å². The summed E-state index contributed by atoms with van der Waals surface area (Å²) in [4.78, 5) is 42.1. The lowest BCUT2D eigenvalue weighted by molar-refractivity contribution is -0.388. The monoisotopic (exact) mass is 519 g/mol. The molecule has 2 fully saturated rings. The van der Waals surface area contributed by atoms with Crippen molar-refractivity contribution >= 4 is 50.6 Å². The van der Waals surface area contributed by atoms with Gasteiger partial charge < -0.3 is 5.11 Å². The molecule has 1 aliphatic carbocycles. The number of Topliss-reactive ketones (excluding diaryl/α,β-unsaturated/α-hetero) is 1. The first-order valence-corrected chi connectivity index (χ1v) is 13.3. The number of carbonyl (C=O) groups is 2. The maximum absolute atomic E-state index is 13.4. The van der Waals surface area contributed by atoms with Crippen LogP contribution in [0.1, 0.15) is 24.8 Å². The van der Waals surface area contributed by atoms with Gasteiger partial charge in [-0.3, -0.25) is 19.8 Å². The lowest BCUT2D eigenvalue weighted by Gasteiger charge is -2.40. The van der Waals surface area contributed by atoms with E-state index in [0.717, 1.165) is 35.3 Å². The molecule has 0 bridgehead atoms. The summed E-state index contributed by atoms with van der Waals surface area (Å²) in [6, 6.07) is 9.62. The summed E-state index contributed by atoms with van der Waals surface area (Å²) in [6.45, 7) is 0.990. The number of benzene rings is 1. The van der Waals surface area contributed by atoms with Crippen LogP contribution in [-0.2, 0) is 16.1 Å². The van der Waals surface area contributed by atoms with Gasteiger partial charge in [-0.15, -0.1) is 0 Å². The van der Waals surface area contributed by atoms with Crippen molar-refractivity contribution in [1.82, 2.24) is 9.88 Å². The molecule has 178 valence electrons. The number of ketones is 1. The molecular formula is C23H22ClN3O5S2. The molecule has 1 aromatic carbocycles. The molecule has 2 heterocycles. The van der Waals surface area contributed by atoms with Gasteiger partial charge in [0, 0.05) is 47.6 Å². The van der Waals surface area contributed by atoms with Crippen molar-refractivity contribution in [2.24, 2.45) is 5.92 Å². The number of aromatic nitrogens is 1. The number of hydrogen-bond acceptors (Lipinski definition) is 8. The van der Waals surface area contributed by atoms with E-state index in [4.69, 9.17) is 11.6 Å². The van der Waals surface area contributed by atoms with Crippen LogP contribution < -0.4 is 0 Å². The highest BCUT2D eigenvalue weighted by Gasteiger charge is 2.44. The van der Waals surface area contributed by atoms with Crippen LogP contribution in [0.5, 0.6) is 0 Å². The Morgan fingerprint density at radius 2 is 2.00 bits per heavy atom. The van der Waals surface area contributed by atoms with Crippen molar-refractivity contribution < 1.29 is 19.6 Å². The first-order chi connectivity index (χ1) is 16.3. The Hall–Kier alpha value is -2.40. The standard InChI is InChI=1S/C23H22ClN3O5S2/c24-17-5-2-1-4-15(17)13-26-11-9-19(33-34-23-18(27(31)32)6-3-10-25-23)16(12-20(28)29)21(26)22(30)14-7-8-14/h1-6,10,12,14,19,21H,7-9,11,13H2,(H,28,29)/b16-12+. The third-order valence-electron chi connectivity index (χ3n) is 5.79. The summed E-state index contributed by atoms with van der Waals surface area (Å²) in [5, 5.41) is 21.5. The Kier molecular flexibility index (Phi) is 7.92. The van der Waals surface area contributed by atoms with E-state index in [1.54, 1.807) is 6.07 Å². The number of carboxylic acids is 1. The molecule has 0 spiro atoms. The number of nitro groups is 1. The van der Waals surface area contributed by atoms with Gasteiger partial charge >= 0.3 is 11.7 Å². The van der Waals surface area contributed by atoms with Crippen molar-refractivity contribution in [1.29, 1.82) is 0 Å². The topological polar surface area (TPSA) is 114 Å². The lowest BCUT2D eigenvalue weighted by Crippen LogP contribution is -2.50. The molecule has 1 aromatic heterocycles. The van der Waals surface area contributed by atoms with Crippen molar-refractivity contribution in [3.8, 4) is 0 Å². The average molecular weight is 520 g/mol. The Morgan fingerprint density at radius 3 is 2.68 bits per heavy atom. The van der Waals surface area contributed by atoms with Crippen molar-refractivity contribution in [2.75, 3.05) is 6.54 Å². The molecule has 2 aliphatic rings. The molecule has 2 unspecified atom stereocenters. The van der Waals surface area contributed by atoms with Gasteiger partial charge in [0.25, 0.3) is 0 Å². The predicted molar refractivity (Wildman–Crippen MR) is 132 cm³/mol. The number of hydrogen-bond donors (Lipinski definition) is 1. The van der Waals surface area contributed by atoms with E-state index in [2.05, 4.69) is 4.98 Å². The van der Waals surface area contributed by atoms with Gasteiger partial charge in [0.2, 0.25) is 0 Å². The van der Waals surface area contributed by atoms with Crippen molar-refractivity contribution in [3.05, 3.63) is 74.9 Å². The third-order valence-corrected chi connectivity index (χ3v) is 8.93. The number of nitrogens with zero attached hydrogens (tertiary/aromatic N) is 3. The summed E-state index contributed by atoms with van der Waals surface area (Å²) < 4.78 is 0. The van der Waals surface area contributed by atoms with E-state index < -0.39 is 16.9 Å². The maximum atomic E-state index is 13.4. The van der Waals surface area contributed by atoms with E-state index in [-0.39, 0.29) is 27.7 Å². The number of aliphatic carboxylic acids is 1. The molecule has 2 atom stereocenters. The number of piperidine rings is 1.